The zero-order valence-corrected chi connectivity index (χ0v) is 12.0. The van der Waals surface area contributed by atoms with Gasteiger partial charge in [0.2, 0.25) is 0 Å². The van der Waals surface area contributed by atoms with Crippen LogP contribution in [0.3, 0.4) is 0 Å². The molecule has 1 aliphatic rings. The van der Waals surface area contributed by atoms with Crippen molar-refractivity contribution in [3.05, 3.63) is 0 Å². The molecule has 1 saturated heterocycles. The van der Waals surface area contributed by atoms with Crippen LogP contribution in [0.2, 0.25) is 0 Å². The summed E-state index contributed by atoms with van der Waals surface area (Å²) in [4.78, 5) is 0. The van der Waals surface area contributed by atoms with E-state index in [0.29, 0.717) is 25.2 Å². The van der Waals surface area contributed by atoms with Gasteiger partial charge in [-0.2, -0.15) is 0 Å². The summed E-state index contributed by atoms with van der Waals surface area (Å²) in [7, 11) is -3.07. The van der Waals surface area contributed by atoms with Gasteiger partial charge in [-0.25, -0.2) is 0 Å². The highest BCUT2D eigenvalue weighted by Crippen LogP contribution is 2.49. The third kappa shape index (κ3) is 4.43. The van der Waals surface area contributed by atoms with Crippen LogP contribution in [-0.4, -0.2) is 43.7 Å². The molecule has 16 heavy (non-hydrogen) atoms. The van der Waals surface area contributed by atoms with Crippen molar-refractivity contribution in [2.45, 2.75) is 26.2 Å². The van der Waals surface area contributed by atoms with Crippen LogP contribution in [0.4, 0.5) is 0 Å². The van der Waals surface area contributed by atoms with Crippen molar-refractivity contribution in [2.75, 3.05) is 31.3 Å². The molecule has 0 saturated carbocycles. The zero-order valence-electron chi connectivity index (χ0n) is 9.56. The average molecular weight is 317 g/mol. The third-order valence-electron chi connectivity index (χ3n) is 2.01. The first-order chi connectivity index (χ1) is 7.63. The van der Waals surface area contributed by atoms with Gasteiger partial charge in [0.25, 0.3) is 0 Å². The van der Waals surface area contributed by atoms with E-state index in [0.717, 1.165) is 0 Å². The van der Waals surface area contributed by atoms with Crippen molar-refractivity contribution in [3.63, 3.8) is 0 Å². The quantitative estimate of drug-likeness (QED) is 0.533. The lowest BCUT2D eigenvalue weighted by Crippen LogP contribution is -2.18. The summed E-state index contributed by atoms with van der Waals surface area (Å²) in [5, 5.41) is 0.705. The van der Waals surface area contributed by atoms with E-state index in [4.69, 9.17) is 18.5 Å². The molecule has 96 valence electrons. The van der Waals surface area contributed by atoms with Gasteiger partial charge in [0.15, 0.2) is 6.29 Å². The molecule has 0 aromatic carbocycles. The second kappa shape index (κ2) is 7.09. The molecule has 0 unspecified atom stereocenters. The second-order valence-electron chi connectivity index (χ2n) is 3.30. The molecular weight excluding hydrogens is 299 g/mol. The minimum Gasteiger partial charge on any atom is -0.349 e. The minimum atomic E-state index is -3.07. The van der Waals surface area contributed by atoms with E-state index in [2.05, 4.69) is 15.9 Å². The molecule has 0 amide bonds. The van der Waals surface area contributed by atoms with E-state index in [9.17, 15) is 4.57 Å². The topological polar surface area (TPSA) is 54.0 Å². The lowest BCUT2D eigenvalue weighted by atomic mass is 10.5. The van der Waals surface area contributed by atoms with Crippen LogP contribution in [0, 0.1) is 0 Å². The molecule has 0 spiro atoms. The summed E-state index contributed by atoms with van der Waals surface area (Å²) in [6.07, 6.45) is -0.328. The Morgan fingerprint density at radius 1 is 1.38 bits per heavy atom. The van der Waals surface area contributed by atoms with Crippen LogP contribution in [0.15, 0.2) is 0 Å². The van der Waals surface area contributed by atoms with Gasteiger partial charge in [-0.3, -0.25) is 4.57 Å². The largest absolute Gasteiger partial charge is 0.349 e. The van der Waals surface area contributed by atoms with Crippen LogP contribution in [-0.2, 0) is 23.1 Å². The molecule has 1 rings (SSSR count). The van der Waals surface area contributed by atoms with E-state index in [1.165, 1.54) is 0 Å². The van der Waals surface area contributed by atoms with Crippen molar-refractivity contribution in [1.29, 1.82) is 0 Å². The molecule has 0 radical (unpaired) electrons. The van der Waals surface area contributed by atoms with Gasteiger partial charge < -0.3 is 18.5 Å². The molecule has 1 heterocycles. The van der Waals surface area contributed by atoms with Gasteiger partial charge >= 0.3 is 7.60 Å². The van der Waals surface area contributed by atoms with E-state index < -0.39 is 13.9 Å². The Morgan fingerprint density at radius 3 is 2.44 bits per heavy atom. The highest BCUT2D eigenvalue weighted by molar-refractivity contribution is 9.09. The third-order valence-corrected chi connectivity index (χ3v) is 4.78. The Hall–Kier alpha value is 0.550. The SMILES string of the molecule is CCOP(=O)(C[C@H]1OC[C@H](CBr)O1)OCC. The minimum absolute atomic E-state index is 0.0155. The molecule has 7 heteroatoms. The molecule has 0 aromatic heterocycles. The monoisotopic (exact) mass is 316 g/mol. The van der Waals surface area contributed by atoms with Gasteiger partial charge in [-0.15, -0.1) is 0 Å². The summed E-state index contributed by atoms with van der Waals surface area (Å²) in [5.74, 6) is 0. The number of hydrogen-bond donors (Lipinski definition) is 0. The summed E-state index contributed by atoms with van der Waals surface area (Å²) in [6, 6.07) is 0. The maximum absolute atomic E-state index is 12.1. The normalized spacial score (nSPS) is 26.2. The number of ether oxygens (including phenoxy) is 2. The average Bonchev–Trinajstić information content (AvgIpc) is 2.65. The smallest absolute Gasteiger partial charge is 0.335 e. The van der Waals surface area contributed by atoms with Gasteiger partial charge in [-0.1, -0.05) is 15.9 Å². The van der Waals surface area contributed by atoms with Crippen LogP contribution in [0.25, 0.3) is 0 Å². The predicted octanol–water partition coefficient (Wildman–Crippen LogP) is 2.39. The van der Waals surface area contributed by atoms with Crippen molar-refractivity contribution in [3.8, 4) is 0 Å². The van der Waals surface area contributed by atoms with Crippen LogP contribution < -0.4 is 0 Å². The fourth-order valence-electron chi connectivity index (χ4n) is 1.40. The number of halogens is 1. The van der Waals surface area contributed by atoms with Crippen molar-refractivity contribution in [2.24, 2.45) is 0 Å². The first kappa shape index (κ1) is 14.6. The van der Waals surface area contributed by atoms with Crippen LogP contribution >= 0.6 is 23.5 Å². The first-order valence-electron chi connectivity index (χ1n) is 5.34. The van der Waals surface area contributed by atoms with Gasteiger partial charge in [0.1, 0.15) is 6.16 Å². The Kier molecular flexibility index (Phi) is 6.47. The summed E-state index contributed by atoms with van der Waals surface area (Å²) < 4.78 is 33.3. The highest BCUT2D eigenvalue weighted by atomic mass is 79.9. The zero-order chi connectivity index (χ0) is 12.0. The molecule has 0 N–H and O–H groups in total. The van der Waals surface area contributed by atoms with Crippen molar-refractivity contribution in [1.82, 2.24) is 0 Å². The number of rotatable bonds is 7. The summed E-state index contributed by atoms with van der Waals surface area (Å²) in [5.41, 5.74) is 0. The number of alkyl halides is 1. The van der Waals surface area contributed by atoms with E-state index in [1.54, 1.807) is 13.8 Å². The van der Waals surface area contributed by atoms with Crippen molar-refractivity contribution < 1.29 is 23.1 Å². The van der Waals surface area contributed by atoms with E-state index in [-0.39, 0.29) is 12.3 Å². The molecule has 0 bridgehead atoms. The van der Waals surface area contributed by atoms with Crippen molar-refractivity contribution >= 4 is 23.5 Å². The van der Waals surface area contributed by atoms with E-state index >= 15 is 0 Å². The standard InChI is InChI=1S/C9H18BrO5P/c1-3-13-16(11,14-4-2)7-9-12-6-8(5-10)15-9/h8-9H,3-7H2,1-2H3/t8-,9-/m0/s1. The molecule has 1 aliphatic heterocycles. The number of hydrogen-bond acceptors (Lipinski definition) is 5. The van der Waals surface area contributed by atoms with Gasteiger partial charge in [-0.05, 0) is 13.8 Å². The Morgan fingerprint density at radius 2 is 2.00 bits per heavy atom. The maximum Gasteiger partial charge on any atom is 0.335 e. The molecule has 5 nitrogen and oxygen atoms in total. The molecule has 0 aromatic rings. The molecular formula is C9H18BrO5P. The lowest BCUT2D eigenvalue weighted by Gasteiger charge is -2.19. The Bertz CT molecular complexity index is 240. The van der Waals surface area contributed by atoms with Crippen LogP contribution in [0.1, 0.15) is 13.8 Å². The Labute approximate surface area is 104 Å². The van der Waals surface area contributed by atoms with E-state index in [1.807, 2.05) is 0 Å². The summed E-state index contributed by atoms with van der Waals surface area (Å²) in [6.45, 7) is 4.78. The van der Waals surface area contributed by atoms with Crippen LogP contribution in [0.5, 0.6) is 0 Å². The predicted molar refractivity (Wildman–Crippen MR) is 64.1 cm³/mol. The molecule has 0 aliphatic carbocycles. The van der Waals surface area contributed by atoms with Gasteiger partial charge in [0, 0.05) is 5.33 Å². The highest BCUT2D eigenvalue weighted by Gasteiger charge is 2.34. The first-order valence-corrected chi connectivity index (χ1v) is 8.19. The lowest BCUT2D eigenvalue weighted by molar-refractivity contribution is -0.0393. The molecule has 1 fully saturated rings. The second-order valence-corrected chi connectivity index (χ2v) is 6.06. The fraction of sp³-hybridized carbons (Fsp3) is 1.00. The Balaban J connectivity index is 2.46. The maximum atomic E-state index is 12.1. The van der Waals surface area contributed by atoms with Gasteiger partial charge in [0.05, 0.1) is 25.9 Å². The summed E-state index contributed by atoms with van der Waals surface area (Å²) >= 11 is 3.31. The fourth-order valence-corrected chi connectivity index (χ4v) is 3.37. The molecule has 2 atom stereocenters.